The SMILES string of the molecule is Cc1ncsc1-c1ccc(C(C)NC(=O)[C@H]2C[C@H](C)CN2C(=O)[C@H](NC(C)(C)C)C(C)(C)C)cc1. The van der Waals surface area contributed by atoms with Crippen LogP contribution in [0.25, 0.3) is 10.4 Å². The lowest BCUT2D eigenvalue weighted by Crippen LogP contribution is -2.60. The number of benzene rings is 1. The molecule has 1 unspecified atom stereocenters. The summed E-state index contributed by atoms with van der Waals surface area (Å²) in [5, 5.41) is 6.68. The fraction of sp³-hybridized carbons (Fsp3) is 0.607. The van der Waals surface area contributed by atoms with Crippen LogP contribution in [0.4, 0.5) is 0 Å². The summed E-state index contributed by atoms with van der Waals surface area (Å²) >= 11 is 1.63. The second kappa shape index (κ2) is 10.4. The number of amides is 2. The number of nitrogens with zero attached hydrogens (tertiary/aromatic N) is 2. The van der Waals surface area contributed by atoms with Crippen LogP contribution in [0.1, 0.15) is 79.1 Å². The number of carbonyl (C=O) groups is 2. The van der Waals surface area contributed by atoms with Crippen molar-refractivity contribution in [3.63, 3.8) is 0 Å². The van der Waals surface area contributed by atoms with Gasteiger partial charge in [0.05, 0.1) is 28.2 Å². The second-order valence-corrected chi connectivity index (χ2v) is 13.0. The van der Waals surface area contributed by atoms with E-state index in [0.717, 1.165) is 16.8 Å². The molecule has 2 N–H and O–H groups in total. The zero-order chi connectivity index (χ0) is 26.1. The third-order valence-corrected chi connectivity index (χ3v) is 7.54. The number of thiazole rings is 1. The van der Waals surface area contributed by atoms with Crippen molar-refractivity contribution in [2.75, 3.05) is 6.54 Å². The molecule has 0 spiro atoms. The molecule has 1 saturated heterocycles. The topological polar surface area (TPSA) is 74.3 Å². The van der Waals surface area contributed by atoms with E-state index in [4.69, 9.17) is 0 Å². The van der Waals surface area contributed by atoms with E-state index in [1.165, 1.54) is 4.88 Å². The molecule has 1 aliphatic heterocycles. The lowest BCUT2D eigenvalue weighted by atomic mass is 9.84. The van der Waals surface area contributed by atoms with Crippen molar-refractivity contribution >= 4 is 23.2 Å². The fourth-order valence-corrected chi connectivity index (χ4v) is 5.49. The van der Waals surface area contributed by atoms with Crippen LogP contribution >= 0.6 is 11.3 Å². The van der Waals surface area contributed by atoms with Gasteiger partial charge in [-0.2, -0.15) is 0 Å². The molecule has 3 rings (SSSR count). The van der Waals surface area contributed by atoms with E-state index < -0.39 is 6.04 Å². The average Bonchev–Trinajstić information content (AvgIpc) is 3.35. The number of hydrogen-bond donors (Lipinski definition) is 2. The summed E-state index contributed by atoms with van der Waals surface area (Å²) in [4.78, 5) is 34.5. The highest BCUT2D eigenvalue weighted by molar-refractivity contribution is 7.13. The van der Waals surface area contributed by atoms with E-state index in [9.17, 15) is 9.59 Å². The molecule has 4 atom stereocenters. The predicted octanol–water partition coefficient (Wildman–Crippen LogP) is 5.34. The Kier molecular flexibility index (Phi) is 8.12. The molecule has 0 aliphatic carbocycles. The number of aromatic nitrogens is 1. The first-order chi connectivity index (χ1) is 16.2. The summed E-state index contributed by atoms with van der Waals surface area (Å²) in [6.45, 7) is 19.1. The smallest absolute Gasteiger partial charge is 0.243 e. The molecule has 192 valence electrons. The minimum Gasteiger partial charge on any atom is -0.348 e. The van der Waals surface area contributed by atoms with Crippen molar-refractivity contribution < 1.29 is 9.59 Å². The van der Waals surface area contributed by atoms with Crippen molar-refractivity contribution in [2.24, 2.45) is 11.3 Å². The molecular weight excluding hydrogens is 456 g/mol. The molecule has 1 aromatic heterocycles. The van der Waals surface area contributed by atoms with Crippen LogP contribution in [0.5, 0.6) is 0 Å². The van der Waals surface area contributed by atoms with Crippen LogP contribution in [-0.2, 0) is 9.59 Å². The average molecular weight is 499 g/mol. The largest absolute Gasteiger partial charge is 0.348 e. The van der Waals surface area contributed by atoms with Crippen LogP contribution < -0.4 is 10.6 Å². The minimum atomic E-state index is -0.453. The van der Waals surface area contributed by atoms with Gasteiger partial charge < -0.3 is 15.5 Å². The highest BCUT2D eigenvalue weighted by Crippen LogP contribution is 2.31. The summed E-state index contributed by atoms with van der Waals surface area (Å²) in [7, 11) is 0. The molecule has 0 radical (unpaired) electrons. The first kappa shape index (κ1) is 27.3. The molecule has 2 aromatic rings. The number of carbonyl (C=O) groups excluding carboxylic acids is 2. The zero-order valence-electron chi connectivity index (χ0n) is 22.7. The van der Waals surface area contributed by atoms with Gasteiger partial charge in [0.25, 0.3) is 0 Å². The van der Waals surface area contributed by atoms with Gasteiger partial charge in [0, 0.05) is 12.1 Å². The molecule has 1 aromatic carbocycles. The van der Waals surface area contributed by atoms with E-state index in [0.29, 0.717) is 13.0 Å². The quantitative estimate of drug-likeness (QED) is 0.564. The van der Waals surface area contributed by atoms with E-state index in [1.807, 2.05) is 19.4 Å². The number of likely N-dealkylation sites (tertiary alicyclic amines) is 1. The summed E-state index contributed by atoms with van der Waals surface area (Å²) in [6.07, 6.45) is 0.681. The molecule has 6 nitrogen and oxygen atoms in total. The monoisotopic (exact) mass is 498 g/mol. The molecule has 35 heavy (non-hydrogen) atoms. The van der Waals surface area contributed by atoms with Gasteiger partial charge in [-0.25, -0.2) is 4.98 Å². The van der Waals surface area contributed by atoms with Gasteiger partial charge in [-0.3, -0.25) is 9.59 Å². The normalized spacial score (nSPS) is 20.5. The summed E-state index contributed by atoms with van der Waals surface area (Å²) in [6, 6.07) is 7.30. The maximum atomic E-state index is 13.7. The maximum absolute atomic E-state index is 13.7. The van der Waals surface area contributed by atoms with E-state index in [-0.39, 0.29) is 40.8 Å². The number of rotatable bonds is 6. The van der Waals surface area contributed by atoms with E-state index in [1.54, 1.807) is 16.2 Å². The van der Waals surface area contributed by atoms with E-state index in [2.05, 4.69) is 88.3 Å². The molecular formula is C28H42N4O2S. The van der Waals surface area contributed by atoms with Gasteiger partial charge >= 0.3 is 0 Å². The Morgan fingerprint density at radius 2 is 1.74 bits per heavy atom. The Balaban J connectivity index is 1.73. The van der Waals surface area contributed by atoms with Gasteiger partial charge in [-0.15, -0.1) is 11.3 Å². The number of nitrogens with one attached hydrogen (secondary N) is 2. The van der Waals surface area contributed by atoms with Crippen molar-refractivity contribution in [2.45, 2.75) is 92.4 Å². The summed E-state index contributed by atoms with van der Waals surface area (Å²) in [5.74, 6) is 0.206. The van der Waals surface area contributed by atoms with Gasteiger partial charge in [0.15, 0.2) is 0 Å². The fourth-order valence-electron chi connectivity index (χ4n) is 4.68. The molecule has 0 saturated carbocycles. The lowest BCUT2D eigenvalue weighted by molar-refractivity contribution is -0.142. The Bertz CT molecular complexity index is 1030. The van der Waals surface area contributed by atoms with Gasteiger partial charge in [-0.05, 0) is 63.5 Å². The Labute approximate surface area is 214 Å². The molecule has 0 bridgehead atoms. The lowest BCUT2D eigenvalue weighted by Gasteiger charge is -2.39. The van der Waals surface area contributed by atoms with Crippen LogP contribution in [-0.4, -0.2) is 45.9 Å². The second-order valence-electron chi connectivity index (χ2n) is 12.2. The maximum Gasteiger partial charge on any atom is 0.243 e. The Morgan fingerprint density at radius 1 is 1.11 bits per heavy atom. The summed E-state index contributed by atoms with van der Waals surface area (Å²) < 4.78 is 0. The standard InChI is InChI=1S/C28H42N4O2S/c1-17-14-22(32(15-17)26(34)24(27(4,5)6)31-28(7,8)9)25(33)30-18(2)20-10-12-21(13-11-20)23-19(3)29-16-35-23/h10-13,16-18,22,24,31H,14-15H2,1-9H3,(H,30,33)/t17-,18?,22+,24-/m0/s1. The van der Waals surface area contributed by atoms with Crippen LogP contribution in [0, 0.1) is 18.3 Å². The van der Waals surface area contributed by atoms with Crippen LogP contribution in [0.3, 0.4) is 0 Å². The minimum absolute atomic E-state index is 0.00820. The third kappa shape index (κ3) is 6.70. The molecule has 7 heteroatoms. The molecule has 1 aliphatic rings. The first-order valence-corrected chi connectivity index (χ1v) is 13.4. The molecule has 1 fully saturated rings. The van der Waals surface area contributed by atoms with Crippen LogP contribution in [0.2, 0.25) is 0 Å². The highest BCUT2D eigenvalue weighted by Gasteiger charge is 2.44. The summed E-state index contributed by atoms with van der Waals surface area (Å²) in [5.41, 5.74) is 4.57. The zero-order valence-corrected chi connectivity index (χ0v) is 23.5. The molecule has 2 heterocycles. The number of aryl methyl sites for hydroxylation is 1. The third-order valence-electron chi connectivity index (χ3n) is 6.56. The Morgan fingerprint density at radius 3 is 2.26 bits per heavy atom. The van der Waals surface area contributed by atoms with Crippen molar-refractivity contribution in [3.8, 4) is 10.4 Å². The van der Waals surface area contributed by atoms with Crippen LogP contribution in [0.15, 0.2) is 29.8 Å². The molecule has 2 amide bonds. The van der Waals surface area contributed by atoms with Crippen molar-refractivity contribution in [3.05, 3.63) is 41.0 Å². The van der Waals surface area contributed by atoms with Gasteiger partial charge in [0.2, 0.25) is 11.8 Å². The Hall–Kier alpha value is -2.25. The first-order valence-electron chi connectivity index (χ1n) is 12.6. The van der Waals surface area contributed by atoms with Gasteiger partial charge in [0.1, 0.15) is 6.04 Å². The van der Waals surface area contributed by atoms with Gasteiger partial charge in [-0.1, -0.05) is 52.0 Å². The predicted molar refractivity (Wildman–Crippen MR) is 144 cm³/mol. The van der Waals surface area contributed by atoms with Crippen molar-refractivity contribution in [1.82, 2.24) is 20.5 Å². The van der Waals surface area contributed by atoms with E-state index >= 15 is 0 Å². The number of hydrogen-bond acceptors (Lipinski definition) is 5. The highest BCUT2D eigenvalue weighted by atomic mass is 32.1. The van der Waals surface area contributed by atoms with Crippen molar-refractivity contribution in [1.29, 1.82) is 0 Å².